The maximum atomic E-state index is 13.1. The SMILES string of the molecule is COP(=O)(OC)C(NC(=O)c1ccc(C)cc1)c1nnc(Nc2ccccc2)s1. The molecule has 0 saturated heterocycles. The highest BCUT2D eigenvalue weighted by molar-refractivity contribution is 7.54. The largest absolute Gasteiger partial charge is 0.359 e. The molecule has 1 heterocycles. The van der Waals surface area contributed by atoms with Crippen molar-refractivity contribution in [3.05, 3.63) is 70.7 Å². The number of hydrogen-bond acceptors (Lipinski definition) is 8. The van der Waals surface area contributed by atoms with E-state index in [4.69, 9.17) is 9.05 Å². The van der Waals surface area contributed by atoms with Gasteiger partial charge in [-0.05, 0) is 31.2 Å². The Hall–Kier alpha value is -2.58. The van der Waals surface area contributed by atoms with Crippen LogP contribution in [-0.2, 0) is 13.6 Å². The van der Waals surface area contributed by atoms with Crippen molar-refractivity contribution in [1.29, 1.82) is 0 Å². The van der Waals surface area contributed by atoms with E-state index in [1.54, 1.807) is 12.1 Å². The lowest BCUT2D eigenvalue weighted by molar-refractivity contribution is 0.0940. The summed E-state index contributed by atoms with van der Waals surface area (Å²) < 4.78 is 23.3. The number of nitrogens with zero attached hydrogens (tertiary/aromatic N) is 2. The molecule has 3 rings (SSSR count). The molecule has 1 aromatic heterocycles. The molecular formula is C19H21N4O4PS. The number of anilines is 2. The summed E-state index contributed by atoms with van der Waals surface area (Å²) >= 11 is 1.15. The molecule has 0 aliphatic carbocycles. The summed E-state index contributed by atoms with van der Waals surface area (Å²) in [4.78, 5) is 12.7. The van der Waals surface area contributed by atoms with E-state index in [0.29, 0.717) is 15.7 Å². The van der Waals surface area contributed by atoms with Crippen molar-refractivity contribution in [1.82, 2.24) is 15.5 Å². The molecule has 0 bridgehead atoms. The first-order valence-corrected chi connectivity index (χ1v) is 11.1. The summed E-state index contributed by atoms with van der Waals surface area (Å²) in [7, 11) is -1.19. The second-order valence-corrected chi connectivity index (χ2v) is 9.42. The summed E-state index contributed by atoms with van der Waals surface area (Å²) in [6, 6.07) is 16.5. The Labute approximate surface area is 172 Å². The number of hydrogen-bond donors (Lipinski definition) is 2. The molecule has 0 spiro atoms. The number of amides is 1. The molecular weight excluding hydrogens is 411 g/mol. The minimum absolute atomic E-state index is 0.302. The zero-order valence-corrected chi connectivity index (χ0v) is 17.9. The van der Waals surface area contributed by atoms with Gasteiger partial charge in [-0.2, -0.15) is 0 Å². The zero-order chi connectivity index (χ0) is 20.9. The molecule has 2 aromatic carbocycles. The Morgan fingerprint density at radius 2 is 1.69 bits per heavy atom. The second-order valence-electron chi connectivity index (χ2n) is 6.08. The highest BCUT2D eigenvalue weighted by Gasteiger charge is 2.39. The van der Waals surface area contributed by atoms with Gasteiger partial charge in [0, 0.05) is 25.5 Å². The molecule has 1 unspecified atom stereocenters. The van der Waals surface area contributed by atoms with E-state index in [1.807, 2.05) is 49.4 Å². The van der Waals surface area contributed by atoms with Crippen LogP contribution in [0.1, 0.15) is 26.7 Å². The number of nitrogens with one attached hydrogen (secondary N) is 2. The molecule has 152 valence electrons. The van der Waals surface area contributed by atoms with Gasteiger partial charge in [0.05, 0.1) is 0 Å². The van der Waals surface area contributed by atoms with Gasteiger partial charge in [-0.3, -0.25) is 9.36 Å². The third kappa shape index (κ3) is 5.07. The fourth-order valence-corrected chi connectivity index (χ4v) is 4.93. The minimum Gasteiger partial charge on any atom is -0.332 e. The van der Waals surface area contributed by atoms with Crippen molar-refractivity contribution < 1.29 is 18.4 Å². The van der Waals surface area contributed by atoms with Gasteiger partial charge in [-0.1, -0.05) is 47.2 Å². The van der Waals surface area contributed by atoms with Crippen LogP contribution in [0.25, 0.3) is 0 Å². The Morgan fingerprint density at radius 1 is 1.03 bits per heavy atom. The quantitative estimate of drug-likeness (QED) is 0.505. The van der Waals surface area contributed by atoms with Gasteiger partial charge in [-0.15, -0.1) is 10.2 Å². The van der Waals surface area contributed by atoms with Crippen LogP contribution in [0.4, 0.5) is 10.8 Å². The van der Waals surface area contributed by atoms with Crippen molar-refractivity contribution in [3.8, 4) is 0 Å². The Bertz CT molecular complexity index is 1000. The van der Waals surface area contributed by atoms with Gasteiger partial charge in [0.1, 0.15) is 0 Å². The summed E-state index contributed by atoms with van der Waals surface area (Å²) in [5, 5.41) is 14.8. The average molecular weight is 432 g/mol. The Balaban J connectivity index is 1.87. The van der Waals surface area contributed by atoms with Gasteiger partial charge >= 0.3 is 7.60 Å². The van der Waals surface area contributed by atoms with Crippen LogP contribution < -0.4 is 10.6 Å². The van der Waals surface area contributed by atoms with Crippen molar-refractivity contribution in [2.24, 2.45) is 0 Å². The first kappa shape index (κ1) is 21.1. The predicted molar refractivity (Wildman–Crippen MR) is 113 cm³/mol. The number of carbonyl (C=O) groups excluding carboxylic acids is 1. The van der Waals surface area contributed by atoms with E-state index in [9.17, 15) is 9.36 Å². The van der Waals surface area contributed by atoms with E-state index >= 15 is 0 Å². The van der Waals surface area contributed by atoms with E-state index < -0.39 is 19.3 Å². The molecule has 0 aliphatic rings. The molecule has 0 fully saturated rings. The molecule has 10 heteroatoms. The molecule has 2 N–H and O–H groups in total. The molecule has 3 aromatic rings. The van der Waals surface area contributed by atoms with Crippen LogP contribution in [0.5, 0.6) is 0 Å². The topological polar surface area (TPSA) is 102 Å². The first-order valence-electron chi connectivity index (χ1n) is 8.69. The number of rotatable bonds is 8. The average Bonchev–Trinajstić information content (AvgIpc) is 3.20. The van der Waals surface area contributed by atoms with Crippen LogP contribution >= 0.6 is 18.9 Å². The van der Waals surface area contributed by atoms with Crippen molar-refractivity contribution in [3.63, 3.8) is 0 Å². The van der Waals surface area contributed by atoms with Crippen molar-refractivity contribution >= 4 is 35.7 Å². The number of carbonyl (C=O) groups is 1. The van der Waals surface area contributed by atoms with Crippen LogP contribution in [0.3, 0.4) is 0 Å². The Kier molecular flexibility index (Phi) is 6.76. The van der Waals surface area contributed by atoms with Crippen LogP contribution in [0.2, 0.25) is 0 Å². The van der Waals surface area contributed by atoms with Crippen LogP contribution in [0.15, 0.2) is 54.6 Å². The van der Waals surface area contributed by atoms with Gasteiger partial charge in [0.15, 0.2) is 10.8 Å². The van der Waals surface area contributed by atoms with E-state index in [2.05, 4.69) is 20.8 Å². The lowest BCUT2D eigenvalue weighted by atomic mass is 10.1. The van der Waals surface area contributed by atoms with Gasteiger partial charge in [0.2, 0.25) is 5.13 Å². The predicted octanol–water partition coefficient (Wildman–Crippen LogP) is 4.50. The second kappa shape index (κ2) is 9.28. The van der Waals surface area contributed by atoms with Gasteiger partial charge < -0.3 is 19.7 Å². The third-order valence-corrected chi connectivity index (χ3v) is 7.21. The number of para-hydroxylation sites is 1. The van der Waals surface area contributed by atoms with Crippen molar-refractivity contribution in [2.45, 2.75) is 12.7 Å². The number of aryl methyl sites for hydroxylation is 1. The molecule has 0 radical (unpaired) electrons. The maximum Gasteiger partial charge on any atom is 0.359 e. The monoisotopic (exact) mass is 432 g/mol. The number of aromatic nitrogens is 2. The Morgan fingerprint density at radius 3 is 2.31 bits per heavy atom. The van der Waals surface area contributed by atoms with Crippen LogP contribution in [0, 0.1) is 6.92 Å². The fourth-order valence-electron chi connectivity index (χ4n) is 2.51. The molecule has 8 nitrogen and oxygen atoms in total. The van der Waals surface area contributed by atoms with E-state index in [-0.39, 0.29) is 0 Å². The molecule has 0 saturated carbocycles. The lowest BCUT2D eigenvalue weighted by Crippen LogP contribution is -2.29. The summed E-state index contributed by atoms with van der Waals surface area (Å²) in [5.41, 5.74) is 2.28. The smallest absolute Gasteiger partial charge is 0.332 e. The normalized spacial score (nSPS) is 12.4. The van der Waals surface area contributed by atoms with Crippen LogP contribution in [-0.4, -0.2) is 30.3 Å². The molecule has 0 aliphatic heterocycles. The van der Waals surface area contributed by atoms with Crippen molar-refractivity contribution in [2.75, 3.05) is 19.5 Å². The third-order valence-electron chi connectivity index (χ3n) is 4.11. The van der Waals surface area contributed by atoms with Gasteiger partial charge in [0.25, 0.3) is 5.91 Å². The fraction of sp³-hybridized carbons (Fsp3) is 0.211. The summed E-state index contributed by atoms with van der Waals surface area (Å²) in [6.07, 6.45) is 0. The summed E-state index contributed by atoms with van der Waals surface area (Å²) in [6.45, 7) is 1.93. The minimum atomic E-state index is -3.72. The summed E-state index contributed by atoms with van der Waals surface area (Å²) in [5.74, 6) is -1.52. The number of benzene rings is 2. The molecule has 1 amide bonds. The highest BCUT2D eigenvalue weighted by atomic mass is 32.1. The lowest BCUT2D eigenvalue weighted by Gasteiger charge is -2.23. The van der Waals surface area contributed by atoms with E-state index in [1.165, 1.54) is 14.2 Å². The zero-order valence-electron chi connectivity index (χ0n) is 16.2. The molecule has 1 atom stereocenters. The highest BCUT2D eigenvalue weighted by Crippen LogP contribution is 2.59. The molecule has 29 heavy (non-hydrogen) atoms. The maximum absolute atomic E-state index is 13.1. The van der Waals surface area contributed by atoms with E-state index in [0.717, 1.165) is 22.6 Å². The first-order chi connectivity index (χ1) is 13.9. The van der Waals surface area contributed by atoms with Gasteiger partial charge in [-0.25, -0.2) is 0 Å². The standard InChI is InChI=1S/C19H21N4O4PS/c1-13-9-11-14(12-10-13)16(24)21-17(28(25,26-2)27-3)18-22-23-19(29-18)20-15-7-5-4-6-8-15/h4-12,17H,1-3H3,(H,20,23)(H,21,24).